The third-order valence-electron chi connectivity index (χ3n) is 3.82. The van der Waals surface area contributed by atoms with Crippen LogP contribution in [-0.4, -0.2) is 29.1 Å². The summed E-state index contributed by atoms with van der Waals surface area (Å²) in [7, 11) is 0. The number of nitrogens with zero attached hydrogens (tertiary/aromatic N) is 1. The molecule has 1 saturated heterocycles. The van der Waals surface area contributed by atoms with Gasteiger partial charge < -0.3 is 5.11 Å². The van der Waals surface area contributed by atoms with Crippen LogP contribution in [0.4, 0.5) is 0 Å². The van der Waals surface area contributed by atoms with Gasteiger partial charge in [0.1, 0.15) is 0 Å². The normalized spacial score (nSPS) is 18.3. The Balaban J connectivity index is 2.02. The highest BCUT2D eigenvalue weighted by Crippen LogP contribution is 2.33. The molecule has 1 aliphatic heterocycles. The van der Waals surface area contributed by atoms with Gasteiger partial charge in [-0.05, 0) is 17.9 Å². The number of carboxylic acid groups (broad SMARTS) is 1. The second kappa shape index (κ2) is 6.01. The van der Waals surface area contributed by atoms with E-state index in [1.54, 1.807) is 0 Å². The first-order valence-corrected chi connectivity index (χ1v) is 6.71. The van der Waals surface area contributed by atoms with Crippen molar-refractivity contribution >= 4 is 5.97 Å². The molecule has 1 fully saturated rings. The van der Waals surface area contributed by atoms with Crippen LogP contribution in [0.15, 0.2) is 30.3 Å². The number of carbonyl (C=O) groups is 1. The Hall–Kier alpha value is -1.35. The lowest BCUT2D eigenvalue weighted by atomic mass is 9.90. The lowest BCUT2D eigenvalue weighted by molar-refractivity contribution is -0.137. The molecule has 0 amide bonds. The first-order valence-electron chi connectivity index (χ1n) is 6.71. The van der Waals surface area contributed by atoms with Crippen LogP contribution < -0.4 is 0 Å². The Morgan fingerprint density at radius 1 is 1.39 bits per heavy atom. The molecule has 98 valence electrons. The molecular weight excluding hydrogens is 226 g/mol. The molecule has 0 aliphatic carbocycles. The molecule has 0 aromatic heterocycles. The van der Waals surface area contributed by atoms with Gasteiger partial charge in [0.2, 0.25) is 0 Å². The van der Waals surface area contributed by atoms with Gasteiger partial charge in [-0.1, -0.05) is 43.7 Å². The van der Waals surface area contributed by atoms with Gasteiger partial charge in [0, 0.05) is 25.6 Å². The Labute approximate surface area is 108 Å². The minimum Gasteiger partial charge on any atom is -0.481 e. The summed E-state index contributed by atoms with van der Waals surface area (Å²) in [4.78, 5) is 13.2. The van der Waals surface area contributed by atoms with Crippen LogP contribution in [0.25, 0.3) is 0 Å². The van der Waals surface area contributed by atoms with E-state index in [9.17, 15) is 4.79 Å². The summed E-state index contributed by atoms with van der Waals surface area (Å²) in [6.45, 7) is 4.43. The van der Waals surface area contributed by atoms with Crippen LogP contribution in [0.3, 0.4) is 0 Å². The van der Waals surface area contributed by atoms with E-state index < -0.39 is 5.97 Å². The van der Waals surface area contributed by atoms with Gasteiger partial charge >= 0.3 is 5.97 Å². The van der Waals surface area contributed by atoms with Crippen molar-refractivity contribution < 1.29 is 9.90 Å². The van der Waals surface area contributed by atoms with Gasteiger partial charge in [0.25, 0.3) is 0 Å². The van der Waals surface area contributed by atoms with Crippen molar-refractivity contribution in [1.29, 1.82) is 0 Å². The molecular formula is C15H21NO2. The summed E-state index contributed by atoms with van der Waals surface area (Å²) in [6.07, 6.45) is 2.17. The number of carboxylic acids is 1. The van der Waals surface area contributed by atoms with Crippen molar-refractivity contribution in [1.82, 2.24) is 4.90 Å². The molecule has 1 unspecified atom stereocenters. The molecule has 0 spiro atoms. The summed E-state index contributed by atoms with van der Waals surface area (Å²) < 4.78 is 0. The number of hydrogen-bond donors (Lipinski definition) is 1. The second-order valence-electron chi connectivity index (χ2n) is 5.09. The number of hydrogen-bond acceptors (Lipinski definition) is 2. The Kier molecular flexibility index (Phi) is 4.37. The van der Waals surface area contributed by atoms with Gasteiger partial charge in [-0.3, -0.25) is 9.69 Å². The maximum absolute atomic E-state index is 10.8. The van der Waals surface area contributed by atoms with Gasteiger partial charge in [-0.2, -0.15) is 0 Å². The molecule has 1 N–H and O–H groups in total. The van der Waals surface area contributed by atoms with Gasteiger partial charge in [0.05, 0.1) is 0 Å². The van der Waals surface area contributed by atoms with Crippen molar-refractivity contribution in [3.63, 3.8) is 0 Å². The lowest BCUT2D eigenvalue weighted by Crippen LogP contribution is -2.48. The number of benzene rings is 1. The van der Waals surface area contributed by atoms with Crippen LogP contribution in [0.1, 0.15) is 37.8 Å². The molecule has 1 atom stereocenters. The van der Waals surface area contributed by atoms with E-state index in [0.717, 1.165) is 19.0 Å². The Morgan fingerprint density at radius 2 is 2.06 bits per heavy atom. The molecule has 2 rings (SSSR count). The summed E-state index contributed by atoms with van der Waals surface area (Å²) in [5.74, 6) is 0.0875. The molecule has 3 nitrogen and oxygen atoms in total. The third-order valence-corrected chi connectivity index (χ3v) is 3.82. The van der Waals surface area contributed by atoms with Gasteiger partial charge in [-0.15, -0.1) is 0 Å². The van der Waals surface area contributed by atoms with Gasteiger partial charge in [0.15, 0.2) is 0 Å². The second-order valence-corrected chi connectivity index (χ2v) is 5.09. The average molecular weight is 247 g/mol. The SMILES string of the molecule is CCC1CN(C(CCC(=O)O)c2ccccc2)C1. The summed E-state index contributed by atoms with van der Waals surface area (Å²) in [5, 5.41) is 8.86. The molecule has 1 heterocycles. The van der Waals surface area contributed by atoms with Crippen molar-refractivity contribution in [2.45, 2.75) is 32.2 Å². The zero-order valence-corrected chi connectivity index (χ0v) is 10.9. The maximum atomic E-state index is 10.8. The van der Waals surface area contributed by atoms with Crippen molar-refractivity contribution in [2.24, 2.45) is 5.92 Å². The van der Waals surface area contributed by atoms with E-state index in [1.165, 1.54) is 12.0 Å². The quantitative estimate of drug-likeness (QED) is 0.840. The van der Waals surface area contributed by atoms with Crippen LogP contribution >= 0.6 is 0 Å². The molecule has 0 bridgehead atoms. The van der Waals surface area contributed by atoms with E-state index in [4.69, 9.17) is 5.11 Å². The first-order chi connectivity index (χ1) is 8.70. The smallest absolute Gasteiger partial charge is 0.303 e. The summed E-state index contributed by atoms with van der Waals surface area (Å²) in [6, 6.07) is 10.5. The fourth-order valence-electron chi connectivity index (χ4n) is 2.62. The van der Waals surface area contributed by atoms with E-state index in [1.807, 2.05) is 18.2 Å². The van der Waals surface area contributed by atoms with Crippen molar-refractivity contribution in [3.8, 4) is 0 Å². The largest absolute Gasteiger partial charge is 0.481 e. The zero-order valence-electron chi connectivity index (χ0n) is 10.9. The van der Waals surface area contributed by atoms with E-state index in [-0.39, 0.29) is 12.5 Å². The van der Waals surface area contributed by atoms with Crippen molar-refractivity contribution in [3.05, 3.63) is 35.9 Å². The van der Waals surface area contributed by atoms with E-state index in [2.05, 4.69) is 24.0 Å². The molecule has 18 heavy (non-hydrogen) atoms. The average Bonchev–Trinajstić information content (AvgIpc) is 2.32. The van der Waals surface area contributed by atoms with Crippen molar-refractivity contribution in [2.75, 3.05) is 13.1 Å². The number of rotatable bonds is 6. The topological polar surface area (TPSA) is 40.5 Å². The lowest BCUT2D eigenvalue weighted by Gasteiger charge is -2.44. The van der Waals surface area contributed by atoms with Crippen LogP contribution in [0, 0.1) is 5.92 Å². The van der Waals surface area contributed by atoms with Crippen LogP contribution in [-0.2, 0) is 4.79 Å². The minimum atomic E-state index is -0.705. The molecule has 0 radical (unpaired) electrons. The Bertz CT molecular complexity index is 385. The molecule has 1 aromatic rings. The summed E-state index contributed by atoms with van der Waals surface area (Å²) >= 11 is 0. The molecule has 1 aromatic carbocycles. The zero-order chi connectivity index (χ0) is 13.0. The number of likely N-dealkylation sites (tertiary alicyclic amines) is 1. The van der Waals surface area contributed by atoms with E-state index >= 15 is 0 Å². The predicted octanol–water partition coefficient (Wildman–Crippen LogP) is 2.93. The molecule has 1 aliphatic rings. The van der Waals surface area contributed by atoms with Gasteiger partial charge in [-0.25, -0.2) is 0 Å². The Morgan fingerprint density at radius 3 is 2.61 bits per heavy atom. The fraction of sp³-hybridized carbons (Fsp3) is 0.533. The molecule has 0 saturated carbocycles. The highest BCUT2D eigenvalue weighted by atomic mass is 16.4. The monoisotopic (exact) mass is 247 g/mol. The third kappa shape index (κ3) is 3.10. The predicted molar refractivity (Wildman–Crippen MR) is 71.4 cm³/mol. The maximum Gasteiger partial charge on any atom is 0.303 e. The fourth-order valence-corrected chi connectivity index (χ4v) is 2.62. The van der Waals surface area contributed by atoms with Crippen LogP contribution in [0.5, 0.6) is 0 Å². The van der Waals surface area contributed by atoms with E-state index in [0.29, 0.717) is 6.42 Å². The van der Waals surface area contributed by atoms with Crippen LogP contribution in [0.2, 0.25) is 0 Å². The summed E-state index contributed by atoms with van der Waals surface area (Å²) in [5.41, 5.74) is 1.24. The first kappa shape index (κ1) is 13.1. The molecule has 3 heteroatoms. The minimum absolute atomic E-state index is 0.243. The standard InChI is InChI=1S/C15H21NO2/c1-2-12-10-16(11-12)14(8-9-15(17)18)13-6-4-3-5-7-13/h3-7,12,14H,2,8-11H2,1H3,(H,17,18). The highest BCUT2D eigenvalue weighted by Gasteiger charge is 2.31. The number of aliphatic carboxylic acids is 1. The highest BCUT2D eigenvalue weighted by molar-refractivity contribution is 5.66.